The van der Waals surface area contributed by atoms with Gasteiger partial charge in [0.25, 0.3) is 0 Å². The van der Waals surface area contributed by atoms with Gasteiger partial charge in [-0.25, -0.2) is 4.79 Å². The van der Waals surface area contributed by atoms with Gasteiger partial charge in [-0.1, -0.05) is 6.07 Å². The maximum absolute atomic E-state index is 11.3. The number of amides is 1. The molecule has 0 unspecified atom stereocenters. The first kappa shape index (κ1) is 9.83. The summed E-state index contributed by atoms with van der Waals surface area (Å²) in [6, 6.07) is 5.67. The van der Waals surface area contributed by atoms with Crippen LogP contribution in [0.3, 0.4) is 0 Å². The summed E-state index contributed by atoms with van der Waals surface area (Å²) in [7, 11) is 1.62. The van der Waals surface area contributed by atoms with Gasteiger partial charge in [0.15, 0.2) is 0 Å². The maximum atomic E-state index is 11.3. The van der Waals surface area contributed by atoms with Crippen molar-refractivity contribution in [3.63, 3.8) is 0 Å². The van der Waals surface area contributed by atoms with Gasteiger partial charge in [-0.05, 0) is 18.6 Å². The Morgan fingerprint density at radius 1 is 1.47 bits per heavy atom. The number of hydrogen-bond acceptors (Lipinski definition) is 3. The molecule has 0 saturated carbocycles. The third kappa shape index (κ3) is 1.75. The fourth-order valence-electron chi connectivity index (χ4n) is 1.60. The van der Waals surface area contributed by atoms with Crippen molar-refractivity contribution in [3.05, 3.63) is 23.8 Å². The molecular weight excluding hydrogens is 194 g/mol. The summed E-state index contributed by atoms with van der Waals surface area (Å²) in [5.74, 6) is 0.784. The Labute approximate surface area is 88.4 Å². The van der Waals surface area contributed by atoms with Crippen molar-refractivity contribution < 1.29 is 14.3 Å². The van der Waals surface area contributed by atoms with Crippen molar-refractivity contribution in [3.8, 4) is 5.75 Å². The number of rotatable bonds is 2. The minimum atomic E-state index is -0.291. The van der Waals surface area contributed by atoms with Gasteiger partial charge in [0.05, 0.1) is 19.3 Å². The van der Waals surface area contributed by atoms with E-state index < -0.39 is 0 Å². The summed E-state index contributed by atoms with van der Waals surface area (Å²) in [6.07, 6.45) is -0.291. The number of aryl methyl sites for hydroxylation is 1. The smallest absolute Gasteiger partial charge is 0.414 e. The highest BCUT2D eigenvalue weighted by Gasteiger charge is 2.23. The molecule has 0 radical (unpaired) electrons. The van der Waals surface area contributed by atoms with E-state index in [1.807, 2.05) is 25.1 Å². The normalized spacial score (nSPS) is 15.3. The van der Waals surface area contributed by atoms with E-state index in [0.717, 1.165) is 17.0 Å². The van der Waals surface area contributed by atoms with Crippen molar-refractivity contribution in [2.45, 2.75) is 6.92 Å². The van der Waals surface area contributed by atoms with E-state index in [4.69, 9.17) is 9.47 Å². The van der Waals surface area contributed by atoms with Crippen LogP contribution in [-0.4, -0.2) is 26.4 Å². The number of methoxy groups -OCH3 is 1. The molecule has 0 atom stereocenters. The molecule has 1 aromatic rings. The first-order chi connectivity index (χ1) is 7.22. The molecule has 0 bridgehead atoms. The van der Waals surface area contributed by atoms with Crippen molar-refractivity contribution in [2.75, 3.05) is 25.2 Å². The maximum Gasteiger partial charge on any atom is 0.414 e. The average Bonchev–Trinajstić information content (AvgIpc) is 2.65. The van der Waals surface area contributed by atoms with Crippen LogP contribution in [0.25, 0.3) is 0 Å². The molecule has 2 rings (SSSR count). The highest BCUT2D eigenvalue weighted by molar-refractivity contribution is 5.89. The third-order valence-corrected chi connectivity index (χ3v) is 2.46. The molecule has 1 aromatic carbocycles. The van der Waals surface area contributed by atoms with Crippen LogP contribution in [0.2, 0.25) is 0 Å². The predicted molar refractivity (Wildman–Crippen MR) is 56.4 cm³/mol. The van der Waals surface area contributed by atoms with Gasteiger partial charge < -0.3 is 9.47 Å². The van der Waals surface area contributed by atoms with Crippen LogP contribution in [0.1, 0.15) is 5.56 Å². The Kier molecular flexibility index (Phi) is 2.49. The van der Waals surface area contributed by atoms with Crippen LogP contribution in [0.4, 0.5) is 10.5 Å². The molecule has 1 fully saturated rings. The summed E-state index contributed by atoms with van der Waals surface area (Å²) in [5, 5.41) is 0. The second-order valence-electron chi connectivity index (χ2n) is 3.42. The molecule has 0 N–H and O–H groups in total. The highest BCUT2D eigenvalue weighted by atomic mass is 16.6. The number of anilines is 1. The molecule has 15 heavy (non-hydrogen) atoms. The highest BCUT2D eigenvalue weighted by Crippen LogP contribution is 2.26. The van der Waals surface area contributed by atoms with Gasteiger partial charge >= 0.3 is 6.09 Å². The van der Waals surface area contributed by atoms with E-state index in [9.17, 15) is 4.79 Å². The Balaban J connectivity index is 2.32. The van der Waals surface area contributed by atoms with Crippen molar-refractivity contribution in [2.24, 2.45) is 0 Å². The van der Waals surface area contributed by atoms with Crippen LogP contribution >= 0.6 is 0 Å². The summed E-state index contributed by atoms with van der Waals surface area (Å²) >= 11 is 0. The monoisotopic (exact) mass is 207 g/mol. The first-order valence-corrected chi connectivity index (χ1v) is 4.81. The Morgan fingerprint density at radius 2 is 2.27 bits per heavy atom. The van der Waals surface area contributed by atoms with E-state index >= 15 is 0 Å². The van der Waals surface area contributed by atoms with Gasteiger partial charge in [-0.15, -0.1) is 0 Å². The van der Waals surface area contributed by atoms with Crippen LogP contribution in [-0.2, 0) is 4.74 Å². The van der Waals surface area contributed by atoms with E-state index in [1.54, 1.807) is 12.0 Å². The zero-order chi connectivity index (χ0) is 10.8. The average molecular weight is 207 g/mol. The standard InChI is InChI=1S/C11H13NO3/c1-8-3-4-9(7-10(8)14-2)12-5-6-15-11(12)13/h3-4,7H,5-6H2,1-2H3. The number of cyclic esters (lactones) is 1. The molecule has 1 aliphatic rings. The first-order valence-electron chi connectivity index (χ1n) is 4.81. The quantitative estimate of drug-likeness (QED) is 0.744. The topological polar surface area (TPSA) is 38.8 Å². The fourth-order valence-corrected chi connectivity index (χ4v) is 1.60. The van der Waals surface area contributed by atoms with E-state index in [1.165, 1.54) is 0 Å². The molecule has 4 heteroatoms. The van der Waals surface area contributed by atoms with Crippen LogP contribution in [0, 0.1) is 6.92 Å². The van der Waals surface area contributed by atoms with Crippen molar-refractivity contribution in [1.82, 2.24) is 0 Å². The summed E-state index contributed by atoms with van der Waals surface area (Å²) < 4.78 is 10.1. The van der Waals surface area contributed by atoms with Gasteiger partial charge in [-0.3, -0.25) is 4.90 Å². The second-order valence-corrected chi connectivity index (χ2v) is 3.42. The lowest BCUT2D eigenvalue weighted by Gasteiger charge is -2.14. The Bertz CT molecular complexity index is 389. The molecule has 0 aromatic heterocycles. The second kappa shape index (κ2) is 3.81. The van der Waals surface area contributed by atoms with Crippen LogP contribution in [0.5, 0.6) is 5.75 Å². The Hall–Kier alpha value is -1.71. The number of nitrogens with zero attached hydrogens (tertiary/aromatic N) is 1. The lowest BCUT2D eigenvalue weighted by Crippen LogP contribution is -2.23. The molecule has 1 amide bonds. The zero-order valence-electron chi connectivity index (χ0n) is 8.82. The molecule has 1 saturated heterocycles. The van der Waals surface area contributed by atoms with Crippen LogP contribution < -0.4 is 9.64 Å². The Morgan fingerprint density at radius 3 is 2.87 bits per heavy atom. The summed E-state index contributed by atoms with van der Waals surface area (Å²) in [6.45, 7) is 3.02. The largest absolute Gasteiger partial charge is 0.496 e. The molecule has 1 heterocycles. The van der Waals surface area contributed by atoms with Crippen molar-refractivity contribution in [1.29, 1.82) is 0 Å². The van der Waals surface area contributed by atoms with E-state index in [-0.39, 0.29) is 6.09 Å². The number of benzene rings is 1. The van der Waals surface area contributed by atoms with Crippen molar-refractivity contribution >= 4 is 11.8 Å². The fraction of sp³-hybridized carbons (Fsp3) is 0.364. The van der Waals surface area contributed by atoms with Gasteiger partial charge in [-0.2, -0.15) is 0 Å². The molecule has 80 valence electrons. The van der Waals surface area contributed by atoms with Gasteiger partial charge in [0.2, 0.25) is 0 Å². The summed E-state index contributed by atoms with van der Waals surface area (Å²) in [4.78, 5) is 12.9. The number of carbonyl (C=O) groups is 1. The number of hydrogen-bond donors (Lipinski definition) is 0. The number of ether oxygens (including phenoxy) is 2. The molecule has 0 spiro atoms. The molecule has 0 aliphatic carbocycles. The van der Waals surface area contributed by atoms with Gasteiger partial charge in [0, 0.05) is 6.07 Å². The molecule has 4 nitrogen and oxygen atoms in total. The zero-order valence-corrected chi connectivity index (χ0v) is 8.82. The lowest BCUT2D eigenvalue weighted by atomic mass is 10.2. The van der Waals surface area contributed by atoms with Crippen LogP contribution in [0.15, 0.2) is 18.2 Å². The minimum Gasteiger partial charge on any atom is -0.496 e. The van der Waals surface area contributed by atoms with E-state index in [0.29, 0.717) is 13.2 Å². The summed E-state index contributed by atoms with van der Waals surface area (Å²) in [5.41, 5.74) is 1.87. The molecular formula is C11H13NO3. The van der Waals surface area contributed by atoms with Gasteiger partial charge in [0.1, 0.15) is 12.4 Å². The predicted octanol–water partition coefficient (Wildman–Crippen LogP) is 1.96. The SMILES string of the molecule is COc1cc(N2CCOC2=O)ccc1C. The lowest BCUT2D eigenvalue weighted by molar-refractivity contribution is 0.181. The molecule has 1 aliphatic heterocycles. The minimum absolute atomic E-state index is 0.291. The van der Waals surface area contributed by atoms with E-state index in [2.05, 4.69) is 0 Å². The number of carbonyl (C=O) groups excluding carboxylic acids is 1. The third-order valence-electron chi connectivity index (χ3n) is 2.46.